The van der Waals surface area contributed by atoms with Crippen molar-refractivity contribution < 1.29 is 48.7 Å². The van der Waals surface area contributed by atoms with Crippen LogP contribution in [0.4, 0.5) is 0 Å². The molecule has 0 aromatic heterocycles. The highest BCUT2D eigenvalue weighted by Gasteiger charge is 2.39. The fourth-order valence-electron chi connectivity index (χ4n) is 4.21. The molecule has 20 heteroatoms. The third-order valence-corrected chi connectivity index (χ3v) is 16.6. The van der Waals surface area contributed by atoms with Gasteiger partial charge >= 0.3 is 36.4 Å². The van der Waals surface area contributed by atoms with Crippen LogP contribution >= 0.6 is 0 Å². The molecular weight excluding hydrogens is 731 g/mol. The smallest absolute Gasteiger partial charge is 0.397 e. The second-order valence-corrected chi connectivity index (χ2v) is 20.9. The number of hydrogen-bond donors (Lipinski definition) is 5. The first-order valence-electron chi connectivity index (χ1n) is 18.4. The van der Waals surface area contributed by atoms with E-state index in [4.69, 9.17) is 71.6 Å². The van der Waals surface area contributed by atoms with Crippen molar-refractivity contribution in [3.8, 4) is 0 Å². The first-order chi connectivity index (χ1) is 24.5. The summed E-state index contributed by atoms with van der Waals surface area (Å²) in [5.41, 5.74) is 21.8. The number of nitrogens with two attached hydrogens (primary N) is 4. The van der Waals surface area contributed by atoms with Crippen molar-refractivity contribution in [3.63, 3.8) is 0 Å². The molecule has 0 bridgehead atoms. The molecule has 314 valence electrons. The molecule has 1 atom stereocenters. The quantitative estimate of drug-likeness (QED) is 0.0590. The molecule has 1 aliphatic rings. The van der Waals surface area contributed by atoms with Crippen LogP contribution in [0.25, 0.3) is 0 Å². The van der Waals surface area contributed by atoms with Crippen LogP contribution in [-0.2, 0) is 48.7 Å². The molecule has 1 unspecified atom stereocenters. The van der Waals surface area contributed by atoms with Gasteiger partial charge < -0.3 is 76.9 Å². The lowest BCUT2D eigenvalue weighted by Gasteiger charge is -2.30. The fourth-order valence-corrected chi connectivity index (χ4v) is 11.0. The van der Waals surface area contributed by atoms with Crippen molar-refractivity contribution in [2.45, 2.75) is 91.4 Å². The lowest BCUT2D eigenvalue weighted by molar-refractivity contribution is 0.0709. The van der Waals surface area contributed by atoms with Crippen LogP contribution in [0.3, 0.4) is 0 Å². The molecule has 0 saturated carbocycles. The zero-order valence-electron chi connectivity index (χ0n) is 34.6. The molecule has 0 aromatic carbocycles. The lowest BCUT2D eigenvalue weighted by atomic mass is 9.96. The third kappa shape index (κ3) is 34.5. The Morgan fingerprint density at radius 2 is 1.00 bits per heavy atom. The zero-order valence-corrected chi connectivity index (χ0v) is 38.9. The van der Waals surface area contributed by atoms with Gasteiger partial charge in [-0.3, -0.25) is 0 Å². The van der Waals surface area contributed by atoms with Gasteiger partial charge in [-0.15, -0.1) is 0 Å². The standard InChI is InChI=1S/C9H23NO3Si.C8H21NO2Si.C6H17NO3Si.C5H12N2.C3H10O3Si/c1-4-11-14(12-5-2,13-6-3)9-7-8-10;1-3-10-12(11-4-2)8-6-5-7-9;1-8-11(9-2,10-3)6-4-5-7;1-4(6)5-2-7-3-5;1-4-7(5-2)6-3/h4-10H2,1-3H3;12H,3-9H2,1-2H3;4-7H2,1-3H3;4-5,7H,2-3,6H2,1H3;7H,1-3H3. The van der Waals surface area contributed by atoms with Crippen LogP contribution in [0.1, 0.15) is 67.2 Å². The highest BCUT2D eigenvalue weighted by atomic mass is 28.4. The summed E-state index contributed by atoms with van der Waals surface area (Å²) in [6.45, 7) is 19.8. The van der Waals surface area contributed by atoms with Gasteiger partial charge in [-0.05, 0) is 92.4 Å². The molecule has 0 radical (unpaired) electrons. The summed E-state index contributed by atoms with van der Waals surface area (Å²) in [6.07, 6.45) is 4.00. The molecule has 1 saturated heterocycles. The Hall–Kier alpha value is 0.228. The molecule has 9 N–H and O–H groups in total. The van der Waals surface area contributed by atoms with Crippen molar-refractivity contribution in [3.05, 3.63) is 0 Å². The number of rotatable bonds is 27. The molecule has 1 aliphatic heterocycles. The second kappa shape index (κ2) is 43.0. The second-order valence-electron chi connectivity index (χ2n) is 11.0. The molecule has 0 aromatic rings. The summed E-state index contributed by atoms with van der Waals surface area (Å²) in [5, 5.41) is 3.16. The predicted molar refractivity (Wildman–Crippen MR) is 216 cm³/mol. The van der Waals surface area contributed by atoms with Gasteiger partial charge in [0.05, 0.1) is 0 Å². The van der Waals surface area contributed by atoms with Crippen molar-refractivity contribution in [2.75, 3.05) is 108 Å². The maximum Gasteiger partial charge on any atom is 0.500 e. The van der Waals surface area contributed by atoms with Gasteiger partial charge in [-0.25, -0.2) is 0 Å². The van der Waals surface area contributed by atoms with E-state index in [0.29, 0.717) is 39.0 Å². The monoisotopic (exact) mass is 814 g/mol. The Labute approximate surface area is 318 Å². The SMILES string of the molecule is CC(N)C1CNC1.CCO[SiH](CCCCN)OCC.CCO[Si](CCCN)(OCC)OCC.CO[SiH](OC)OC.CO[Si](CCCN)(OC)OC. The molecular formula is C31H83N5O11Si4. The highest BCUT2D eigenvalue weighted by Crippen LogP contribution is 2.17. The Bertz CT molecular complexity index is 627. The minimum atomic E-state index is -2.40. The summed E-state index contributed by atoms with van der Waals surface area (Å²) in [5.74, 6) is 0.750. The molecule has 1 rings (SSSR count). The van der Waals surface area contributed by atoms with Crippen molar-refractivity contribution >= 4 is 36.4 Å². The summed E-state index contributed by atoms with van der Waals surface area (Å²) in [6, 6.07) is 3.09. The van der Waals surface area contributed by atoms with Crippen LogP contribution < -0.4 is 28.3 Å². The van der Waals surface area contributed by atoms with E-state index in [1.165, 1.54) is 0 Å². The number of unbranched alkanes of at least 4 members (excludes halogenated alkanes) is 1. The lowest BCUT2D eigenvalue weighted by Crippen LogP contribution is -2.50. The Kier molecular flexibility index (Phi) is 48.8. The van der Waals surface area contributed by atoms with Gasteiger partial charge in [-0.1, -0.05) is 6.42 Å². The van der Waals surface area contributed by atoms with Crippen molar-refractivity contribution in [1.82, 2.24) is 5.32 Å². The van der Waals surface area contributed by atoms with E-state index in [-0.39, 0.29) is 0 Å². The minimum Gasteiger partial charge on any atom is -0.397 e. The van der Waals surface area contributed by atoms with Crippen LogP contribution in [0.5, 0.6) is 0 Å². The predicted octanol–water partition coefficient (Wildman–Crippen LogP) is 1.81. The normalized spacial score (nSPS) is 13.5. The summed E-state index contributed by atoms with van der Waals surface area (Å²) < 4.78 is 57.7. The van der Waals surface area contributed by atoms with Crippen LogP contribution in [0.15, 0.2) is 0 Å². The Morgan fingerprint density at radius 1 is 0.608 bits per heavy atom. The van der Waals surface area contributed by atoms with Crippen LogP contribution in [0.2, 0.25) is 18.1 Å². The largest absolute Gasteiger partial charge is 0.500 e. The first-order valence-corrected chi connectivity index (χ1v) is 25.5. The average molecular weight is 814 g/mol. The van der Waals surface area contributed by atoms with Gasteiger partial charge in [-0.2, -0.15) is 0 Å². The van der Waals surface area contributed by atoms with E-state index in [1.54, 1.807) is 42.7 Å². The van der Waals surface area contributed by atoms with Gasteiger partial charge in [0.25, 0.3) is 0 Å². The summed E-state index contributed by atoms with van der Waals surface area (Å²) >= 11 is 0. The van der Waals surface area contributed by atoms with Gasteiger partial charge in [0, 0.05) is 107 Å². The molecule has 1 heterocycles. The third-order valence-electron chi connectivity index (χ3n) is 7.13. The Morgan fingerprint density at radius 3 is 1.22 bits per heavy atom. The van der Waals surface area contributed by atoms with Crippen LogP contribution in [-0.4, -0.2) is 151 Å². The maximum absolute atomic E-state index is 5.65. The topological polar surface area (TPSA) is 218 Å². The molecule has 16 nitrogen and oxygen atoms in total. The molecule has 0 spiro atoms. The van der Waals surface area contributed by atoms with Gasteiger partial charge in [0.2, 0.25) is 0 Å². The fraction of sp³-hybridized carbons (Fsp3) is 1.00. The maximum atomic E-state index is 5.65. The van der Waals surface area contributed by atoms with E-state index in [1.807, 2.05) is 34.6 Å². The summed E-state index contributed by atoms with van der Waals surface area (Å²) in [7, 11) is 1.83. The van der Waals surface area contributed by atoms with Gasteiger partial charge in [0.15, 0.2) is 0 Å². The number of hydrogen-bond acceptors (Lipinski definition) is 16. The van der Waals surface area contributed by atoms with Crippen molar-refractivity contribution in [1.29, 1.82) is 0 Å². The minimum absolute atomic E-state index is 0.390. The zero-order chi connectivity index (χ0) is 39.8. The molecule has 51 heavy (non-hydrogen) atoms. The average Bonchev–Trinajstić information content (AvgIpc) is 3.10. The van der Waals surface area contributed by atoms with E-state index in [0.717, 1.165) is 82.6 Å². The van der Waals surface area contributed by atoms with Crippen LogP contribution in [0, 0.1) is 5.92 Å². The molecule has 1 fully saturated rings. The Balaban J connectivity index is -0.000000277. The van der Waals surface area contributed by atoms with Gasteiger partial charge in [0.1, 0.15) is 0 Å². The first kappa shape index (κ1) is 57.9. The molecule has 0 aliphatic carbocycles. The summed E-state index contributed by atoms with van der Waals surface area (Å²) in [4.78, 5) is 0. The van der Waals surface area contributed by atoms with E-state index in [9.17, 15) is 0 Å². The van der Waals surface area contributed by atoms with E-state index < -0.39 is 36.4 Å². The van der Waals surface area contributed by atoms with Crippen molar-refractivity contribution in [2.24, 2.45) is 28.9 Å². The van der Waals surface area contributed by atoms with E-state index in [2.05, 4.69) is 12.2 Å². The highest BCUT2D eigenvalue weighted by molar-refractivity contribution is 6.61. The number of nitrogens with one attached hydrogen (secondary N) is 1. The van der Waals surface area contributed by atoms with E-state index >= 15 is 0 Å². The molecule has 0 amide bonds.